The summed E-state index contributed by atoms with van der Waals surface area (Å²) in [6, 6.07) is 14.1. The molecule has 0 aliphatic carbocycles. The van der Waals surface area contributed by atoms with Crippen molar-refractivity contribution >= 4 is 66.7 Å². The summed E-state index contributed by atoms with van der Waals surface area (Å²) in [6.07, 6.45) is 0. The maximum Gasteiger partial charge on any atom is 0.0882 e. The molecule has 5 aromatic rings. The summed E-state index contributed by atoms with van der Waals surface area (Å²) in [6.45, 7) is 0. The Labute approximate surface area is 230 Å². The monoisotopic (exact) mass is 566 g/mol. The molecule has 0 fully saturated rings. The Balaban J connectivity index is 0.00000108. The molecular weight excluding hydrogens is 558 g/mol. The van der Waals surface area contributed by atoms with Crippen LogP contribution in [-0.4, -0.2) is 23.6 Å². The van der Waals surface area contributed by atoms with Crippen LogP contribution < -0.4 is 0 Å². The summed E-state index contributed by atoms with van der Waals surface area (Å²) in [5.41, 5.74) is 1.62. The zero-order valence-corrected chi connectivity index (χ0v) is 22.0. The van der Waals surface area contributed by atoms with Crippen molar-refractivity contribution in [2.24, 2.45) is 0 Å². The van der Waals surface area contributed by atoms with Crippen molar-refractivity contribution in [2.75, 3.05) is 0 Å². The molecule has 5 aromatic carbocycles. The Bertz CT molecular complexity index is 1480. The molecule has 32 heavy (non-hydrogen) atoms. The van der Waals surface area contributed by atoms with Gasteiger partial charge in [-0.25, -0.2) is 0 Å². The minimum Gasteiger partial charge on any atom is -0.587 e. The SMILES string of the molecule is O=C1[N-]C(=O)c2ccc3c4ccc5c6c(ccc(c7ccc1c2c73)c64)C(=O)[N-]C5=O.[Y].[Y]. The zero-order chi connectivity index (χ0) is 20.3. The minimum atomic E-state index is -0.537. The van der Waals surface area contributed by atoms with Crippen LogP contribution in [0.25, 0.3) is 53.7 Å². The van der Waals surface area contributed by atoms with E-state index in [1.807, 2.05) is 24.3 Å². The topological polar surface area (TPSA) is 96.5 Å². The number of fused-ring (bicyclic) bond motifs is 2. The van der Waals surface area contributed by atoms with Crippen molar-refractivity contribution in [2.45, 2.75) is 0 Å². The van der Waals surface area contributed by atoms with Crippen molar-refractivity contribution in [3.63, 3.8) is 0 Å². The Morgan fingerprint density at radius 1 is 0.375 bits per heavy atom. The normalized spacial score (nSPS) is 14.5. The second-order valence-corrected chi connectivity index (χ2v) is 7.59. The number of hydrogen-bond acceptors (Lipinski definition) is 4. The van der Waals surface area contributed by atoms with Gasteiger partial charge in [0.25, 0.3) is 0 Å². The second-order valence-electron chi connectivity index (χ2n) is 7.59. The van der Waals surface area contributed by atoms with Gasteiger partial charge in [-0.1, -0.05) is 48.5 Å². The van der Waals surface area contributed by atoms with Crippen molar-refractivity contribution < 1.29 is 84.6 Å². The van der Waals surface area contributed by atoms with Crippen LogP contribution in [0, 0.1) is 0 Å². The number of rotatable bonds is 0. The average Bonchev–Trinajstić information content (AvgIpc) is 2.74. The predicted molar refractivity (Wildman–Crippen MR) is 112 cm³/mol. The van der Waals surface area contributed by atoms with Crippen molar-refractivity contribution in [3.8, 4) is 0 Å². The maximum atomic E-state index is 12.4. The molecule has 0 saturated heterocycles. The number of carbonyl (C=O) groups excluding carboxylic acids is 4. The summed E-state index contributed by atoms with van der Waals surface area (Å²) in [5, 5.41) is 13.5. The predicted octanol–water partition coefficient (Wildman–Crippen LogP) is 5.07. The van der Waals surface area contributed by atoms with E-state index in [1.54, 1.807) is 24.3 Å². The van der Waals surface area contributed by atoms with Gasteiger partial charge >= 0.3 is 0 Å². The van der Waals surface area contributed by atoms with Gasteiger partial charge in [-0.05, 0) is 32.3 Å². The van der Waals surface area contributed by atoms with Crippen LogP contribution >= 0.6 is 0 Å². The fraction of sp³-hybridized carbons (Fsp3) is 0. The Morgan fingerprint density at radius 2 is 0.625 bits per heavy atom. The van der Waals surface area contributed by atoms with E-state index in [1.165, 1.54) is 0 Å². The third-order valence-electron chi connectivity index (χ3n) is 6.23. The molecule has 7 rings (SSSR count). The van der Waals surface area contributed by atoms with Crippen LogP contribution in [0.15, 0.2) is 48.5 Å². The molecule has 0 bridgehead atoms. The third-order valence-corrected chi connectivity index (χ3v) is 6.23. The van der Waals surface area contributed by atoms with Gasteiger partial charge in [0.15, 0.2) is 0 Å². The van der Waals surface area contributed by atoms with Crippen LogP contribution in [0.3, 0.4) is 0 Å². The molecule has 2 heterocycles. The molecule has 2 aliphatic heterocycles. The fourth-order valence-electron chi connectivity index (χ4n) is 5.03. The largest absolute Gasteiger partial charge is 0.587 e. The molecule has 2 radical (unpaired) electrons. The summed E-state index contributed by atoms with van der Waals surface area (Å²) in [4.78, 5) is 49.5. The number of benzene rings is 5. The zero-order valence-electron chi connectivity index (χ0n) is 16.3. The molecule has 0 N–H and O–H groups in total. The minimum absolute atomic E-state index is 0. The first-order valence-electron chi connectivity index (χ1n) is 9.35. The molecule has 0 saturated carbocycles. The molecule has 4 amide bonds. The van der Waals surface area contributed by atoms with Crippen molar-refractivity contribution in [1.29, 1.82) is 0 Å². The first-order chi connectivity index (χ1) is 14.5. The van der Waals surface area contributed by atoms with Gasteiger partial charge in [0.2, 0.25) is 0 Å². The molecule has 6 nitrogen and oxygen atoms in total. The standard InChI is InChI=1S/C24H10N2O4.2Y/c27-21-13-5-1-9-10-2-6-15-20-16(24(30)26-23(15)29)8-4-12(18(10)20)11-3-7-14(22(28)25-21)19(13)17(9)11;;/h1-8H,(H2,25,26,27,28,29,30);;/p-2. The van der Waals surface area contributed by atoms with E-state index in [0.717, 1.165) is 32.3 Å². The van der Waals surface area contributed by atoms with E-state index in [2.05, 4.69) is 10.6 Å². The molecule has 8 heteroatoms. The molecule has 0 atom stereocenters. The fourth-order valence-corrected chi connectivity index (χ4v) is 5.03. The van der Waals surface area contributed by atoms with Crippen molar-refractivity contribution in [1.82, 2.24) is 0 Å². The molecular formula is C24H8N2O4Y2-2. The number of hydrogen-bond donors (Lipinski definition) is 0. The molecule has 2 aliphatic rings. The first kappa shape index (κ1) is 21.7. The molecule has 0 aromatic heterocycles. The van der Waals surface area contributed by atoms with Gasteiger partial charge in [0.05, 0.1) is 23.6 Å². The Morgan fingerprint density at radius 3 is 0.875 bits per heavy atom. The first-order valence-corrected chi connectivity index (χ1v) is 9.35. The number of imide groups is 2. The van der Waals surface area contributed by atoms with E-state index in [9.17, 15) is 19.2 Å². The molecule has 146 valence electrons. The number of nitrogens with zero attached hydrogens (tertiary/aromatic N) is 2. The third kappa shape index (κ3) is 2.50. The van der Waals surface area contributed by atoms with Crippen LogP contribution in [0.2, 0.25) is 0 Å². The van der Waals surface area contributed by atoms with Gasteiger partial charge < -0.3 is 29.8 Å². The van der Waals surface area contributed by atoms with Crippen LogP contribution in [-0.2, 0) is 65.4 Å². The van der Waals surface area contributed by atoms with Gasteiger partial charge in [-0.15, -0.1) is 0 Å². The number of carbonyl (C=O) groups is 4. The summed E-state index contributed by atoms with van der Waals surface area (Å²) in [5.74, 6) is -2.15. The van der Waals surface area contributed by atoms with E-state index in [-0.39, 0.29) is 65.4 Å². The van der Waals surface area contributed by atoms with E-state index < -0.39 is 23.6 Å². The van der Waals surface area contributed by atoms with Gasteiger partial charge in [0.1, 0.15) is 0 Å². The van der Waals surface area contributed by atoms with Gasteiger partial charge in [-0.3, -0.25) is 0 Å². The average molecular weight is 566 g/mol. The number of amides is 4. The molecule has 0 unspecified atom stereocenters. The maximum absolute atomic E-state index is 12.4. The van der Waals surface area contributed by atoms with Crippen LogP contribution in [0.4, 0.5) is 0 Å². The summed E-state index contributed by atoms with van der Waals surface area (Å²) < 4.78 is 0. The van der Waals surface area contributed by atoms with Crippen LogP contribution in [0.5, 0.6) is 0 Å². The van der Waals surface area contributed by atoms with E-state index in [0.29, 0.717) is 33.0 Å². The Hall–Kier alpha value is -2.11. The smallest absolute Gasteiger partial charge is 0.0882 e. The Kier molecular flexibility index (Phi) is 4.88. The van der Waals surface area contributed by atoms with E-state index in [4.69, 9.17) is 0 Å². The summed E-state index contributed by atoms with van der Waals surface area (Å²) in [7, 11) is 0. The quantitative estimate of drug-likeness (QED) is 0.149. The summed E-state index contributed by atoms with van der Waals surface area (Å²) >= 11 is 0. The van der Waals surface area contributed by atoms with Crippen LogP contribution in [0.1, 0.15) is 41.4 Å². The second kappa shape index (κ2) is 7.19. The van der Waals surface area contributed by atoms with Gasteiger partial charge in [-0.2, -0.15) is 0 Å². The van der Waals surface area contributed by atoms with E-state index >= 15 is 0 Å². The van der Waals surface area contributed by atoms with Crippen molar-refractivity contribution in [3.05, 3.63) is 81.4 Å². The van der Waals surface area contributed by atoms with Gasteiger partial charge in [0, 0.05) is 98.4 Å². The molecule has 0 spiro atoms.